The molecule has 1 aliphatic heterocycles. The zero-order chi connectivity index (χ0) is 17.0. The van der Waals surface area contributed by atoms with Crippen LogP contribution in [0.3, 0.4) is 0 Å². The Kier molecular flexibility index (Phi) is 5.69. The van der Waals surface area contributed by atoms with Gasteiger partial charge in [-0.3, -0.25) is 0 Å². The zero-order valence-corrected chi connectivity index (χ0v) is 15.1. The summed E-state index contributed by atoms with van der Waals surface area (Å²) >= 11 is 0. The van der Waals surface area contributed by atoms with Crippen LogP contribution >= 0.6 is 0 Å². The molecule has 0 bridgehead atoms. The summed E-state index contributed by atoms with van der Waals surface area (Å²) in [5, 5.41) is 3.46. The SMILES string of the molecule is CNC(c1cccc(C)c1)C1CCN(C(=O)OC(C)(C)C)CC1. The number of hydrogen-bond acceptors (Lipinski definition) is 3. The van der Waals surface area contributed by atoms with Crippen molar-refractivity contribution in [1.82, 2.24) is 10.2 Å². The molecule has 0 aliphatic carbocycles. The third-order valence-electron chi connectivity index (χ3n) is 4.37. The lowest BCUT2D eigenvalue weighted by molar-refractivity contribution is 0.0170. The molecule has 1 aliphatic rings. The van der Waals surface area contributed by atoms with Crippen LogP contribution in [0, 0.1) is 12.8 Å². The molecule has 128 valence electrons. The molecule has 1 unspecified atom stereocenters. The fourth-order valence-corrected chi connectivity index (χ4v) is 3.28. The van der Waals surface area contributed by atoms with Gasteiger partial charge in [0.15, 0.2) is 0 Å². The van der Waals surface area contributed by atoms with E-state index in [2.05, 4.69) is 36.5 Å². The highest BCUT2D eigenvalue weighted by molar-refractivity contribution is 5.68. The van der Waals surface area contributed by atoms with E-state index in [1.54, 1.807) is 0 Å². The molecule has 0 aromatic heterocycles. The first-order chi connectivity index (χ1) is 10.8. The lowest BCUT2D eigenvalue weighted by atomic mass is 9.85. The number of amides is 1. The number of nitrogens with one attached hydrogen (secondary N) is 1. The minimum absolute atomic E-state index is 0.187. The van der Waals surface area contributed by atoms with Crippen molar-refractivity contribution in [2.45, 2.75) is 52.2 Å². The average Bonchev–Trinajstić information content (AvgIpc) is 2.47. The Hall–Kier alpha value is -1.55. The first-order valence-corrected chi connectivity index (χ1v) is 8.52. The summed E-state index contributed by atoms with van der Waals surface area (Å²) in [6.07, 6.45) is 1.81. The number of ether oxygens (including phenoxy) is 1. The van der Waals surface area contributed by atoms with Crippen molar-refractivity contribution in [1.29, 1.82) is 0 Å². The number of likely N-dealkylation sites (tertiary alicyclic amines) is 1. The molecule has 2 rings (SSSR count). The molecular weight excluding hydrogens is 288 g/mol. The molecule has 1 N–H and O–H groups in total. The number of aryl methyl sites for hydroxylation is 1. The van der Waals surface area contributed by atoms with Crippen LogP contribution in [0.1, 0.15) is 50.8 Å². The Bertz CT molecular complexity index is 528. The van der Waals surface area contributed by atoms with Crippen molar-refractivity contribution in [3.05, 3.63) is 35.4 Å². The zero-order valence-electron chi connectivity index (χ0n) is 15.1. The highest BCUT2D eigenvalue weighted by Crippen LogP contribution is 2.31. The molecule has 23 heavy (non-hydrogen) atoms. The lowest BCUT2D eigenvalue weighted by Gasteiger charge is -2.37. The first-order valence-electron chi connectivity index (χ1n) is 8.52. The Labute approximate surface area is 140 Å². The maximum atomic E-state index is 12.2. The van der Waals surface area contributed by atoms with Crippen LogP contribution < -0.4 is 5.32 Å². The summed E-state index contributed by atoms with van der Waals surface area (Å²) in [7, 11) is 2.02. The molecule has 1 saturated heterocycles. The quantitative estimate of drug-likeness (QED) is 0.919. The van der Waals surface area contributed by atoms with E-state index in [0.717, 1.165) is 25.9 Å². The average molecular weight is 318 g/mol. The summed E-state index contributed by atoms with van der Waals surface area (Å²) in [4.78, 5) is 14.0. The molecule has 0 radical (unpaired) electrons. The minimum Gasteiger partial charge on any atom is -0.444 e. The third-order valence-corrected chi connectivity index (χ3v) is 4.37. The topological polar surface area (TPSA) is 41.6 Å². The molecule has 4 nitrogen and oxygen atoms in total. The minimum atomic E-state index is -0.428. The molecular formula is C19H30N2O2. The molecule has 1 atom stereocenters. The number of carbonyl (C=O) groups excluding carboxylic acids is 1. The number of hydrogen-bond donors (Lipinski definition) is 1. The van der Waals surface area contributed by atoms with Crippen LogP contribution in [0.25, 0.3) is 0 Å². The van der Waals surface area contributed by atoms with Gasteiger partial charge in [0.2, 0.25) is 0 Å². The van der Waals surface area contributed by atoms with Crippen molar-refractivity contribution in [3.63, 3.8) is 0 Å². The predicted octanol–water partition coefficient (Wildman–Crippen LogP) is 3.90. The second-order valence-corrected chi connectivity index (χ2v) is 7.49. The van der Waals surface area contributed by atoms with E-state index in [4.69, 9.17) is 4.74 Å². The van der Waals surface area contributed by atoms with Crippen LogP contribution in [-0.2, 0) is 4.74 Å². The Balaban J connectivity index is 1.96. The van der Waals surface area contributed by atoms with E-state index in [9.17, 15) is 4.79 Å². The highest BCUT2D eigenvalue weighted by atomic mass is 16.6. The molecule has 1 aromatic rings. The van der Waals surface area contributed by atoms with Crippen LogP contribution in [0.15, 0.2) is 24.3 Å². The van der Waals surface area contributed by atoms with Crippen LogP contribution in [0.2, 0.25) is 0 Å². The maximum absolute atomic E-state index is 12.2. The van der Waals surface area contributed by atoms with Crippen molar-refractivity contribution < 1.29 is 9.53 Å². The predicted molar refractivity (Wildman–Crippen MR) is 93.5 cm³/mol. The second kappa shape index (κ2) is 7.35. The van der Waals surface area contributed by atoms with Crippen molar-refractivity contribution >= 4 is 6.09 Å². The fraction of sp³-hybridized carbons (Fsp3) is 0.632. The van der Waals surface area contributed by atoms with E-state index in [-0.39, 0.29) is 6.09 Å². The van der Waals surface area contributed by atoms with E-state index in [1.807, 2.05) is 32.7 Å². The van der Waals surface area contributed by atoms with Crippen molar-refractivity contribution in [2.75, 3.05) is 20.1 Å². The van der Waals surface area contributed by atoms with Gasteiger partial charge < -0.3 is 15.0 Å². The van der Waals surface area contributed by atoms with E-state index in [0.29, 0.717) is 12.0 Å². The van der Waals surface area contributed by atoms with Gasteiger partial charge in [-0.15, -0.1) is 0 Å². The molecule has 1 amide bonds. The fourth-order valence-electron chi connectivity index (χ4n) is 3.28. The van der Waals surface area contributed by atoms with Gasteiger partial charge in [0, 0.05) is 19.1 Å². The Morgan fingerprint density at radius 3 is 2.48 bits per heavy atom. The van der Waals surface area contributed by atoms with Gasteiger partial charge in [-0.25, -0.2) is 4.79 Å². The largest absolute Gasteiger partial charge is 0.444 e. The van der Waals surface area contributed by atoms with Gasteiger partial charge in [0.1, 0.15) is 5.60 Å². The van der Waals surface area contributed by atoms with E-state index in [1.165, 1.54) is 11.1 Å². The van der Waals surface area contributed by atoms with Crippen LogP contribution in [-0.4, -0.2) is 36.7 Å². The van der Waals surface area contributed by atoms with Crippen LogP contribution in [0.4, 0.5) is 4.79 Å². The smallest absolute Gasteiger partial charge is 0.410 e. The van der Waals surface area contributed by atoms with Crippen LogP contribution in [0.5, 0.6) is 0 Å². The summed E-state index contributed by atoms with van der Waals surface area (Å²) in [6, 6.07) is 9.03. The molecule has 1 heterocycles. The molecule has 0 saturated carbocycles. The number of carbonyl (C=O) groups is 1. The standard InChI is InChI=1S/C19H30N2O2/c1-14-7-6-8-16(13-14)17(20-5)15-9-11-21(12-10-15)18(22)23-19(2,3)4/h6-8,13,15,17,20H,9-12H2,1-5H3. The summed E-state index contributed by atoms with van der Waals surface area (Å²) in [6.45, 7) is 9.39. The number of piperidine rings is 1. The monoisotopic (exact) mass is 318 g/mol. The van der Waals surface area contributed by atoms with Gasteiger partial charge in [0.25, 0.3) is 0 Å². The van der Waals surface area contributed by atoms with Gasteiger partial charge in [-0.2, -0.15) is 0 Å². The molecule has 1 fully saturated rings. The second-order valence-electron chi connectivity index (χ2n) is 7.49. The molecule has 0 spiro atoms. The van der Waals surface area contributed by atoms with Gasteiger partial charge in [0.05, 0.1) is 0 Å². The van der Waals surface area contributed by atoms with E-state index < -0.39 is 5.60 Å². The van der Waals surface area contributed by atoms with Gasteiger partial charge in [-0.05, 0) is 59.1 Å². The Morgan fingerprint density at radius 1 is 1.30 bits per heavy atom. The third kappa shape index (κ3) is 4.96. The lowest BCUT2D eigenvalue weighted by Crippen LogP contribution is -2.43. The van der Waals surface area contributed by atoms with E-state index >= 15 is 0 Å². The summed E-state index contributed by atoms with van der Waals surface area (Å²) < 4.78 is 5.47. The van der Waals surface area contributed by atoms with Crippen molar-refractivity contribution in [2.24, 2.45) is 5.92 Å². The summed E-state index contributed by atoms with van der Waals surface area (Å²) in [5.74, 6) is 0.542. The highest BCUT2D eigenvalue weighted by Gasteiger charge is 2.30. The number of rotatable bonds is 3. The molecule has 1 aromatic carbocycles. The number of nitrogens with zero attached hydrogens (tertiary/aromatic N) is 1. The number of benzene rings is 1. The first kappa shape index (κ1) is 17.8. The normalized spacial score (nSPS) is 17.9. The van der Waals surface area contributed by atoms with Gasteiger partial charge in [-0.1, -0.05) is 29.8 Å². The Morgan fingerprint density at radius 2 is 1.96 bits per heavy atom. The maximum Gasteiger partial charge on any atom is 0.410 e. The summed E-state index contributed by atoms with van der Waals surface area (Å²) in [5.41, 5.74) is 2.19. The molecule has 4 heteroatoms. The van der Waals surface area contributed by atoms with Crippen molar-refractivity contribution in [3.8, 4) is 0 Å². The van der Waals surface area contributed by atoms with Gasteiger partial charge >= 0.3 is 6.09 Å².